The molecule has 2 N–H and O–H groups in total. The van der Waals surface area contributed by atoms with Gasteiger partial charge in [-0.3, -0.25) is 4.68 Å². The van der Waals surface area contributed by atoms with E-state index in [9.17, 15) is 5.11 Å². The van der Waals surface area contributed by atoms with Crippen molar-refractivity contribution in [3.8, 4) is 0 Å². The Hall–Kier alpha value is -1.99. The third kappa shape index (κ3) is 4.49. The van der Waals surface area contributed by atoms with Gasteiger partial charge in [-0.1, -0.05) is 0 Å². The Kier molecular flexibility index (Phi) is 5.19. The molecule has 0 aliphatic carbocycles. The molecule has 2 unspecified atom stereocenters. The van der Waals surface area contributed by atoms with Crippen LogP contribution in [0.4, 0.5) is 5.82 Å². The fraction of sp³-hybridized carbons (Fsp3) is 0.562. The maximum atomic E-state index is 10.1. The van der Waals surface area contributed by atoms with Crippen molar-refractivity contribution < 1.29 is 5.11 Å². The number of rotatable bonds is 6. The number of anilines is 1. The highest BCUT2D eigenvalue weighted by Crippen LogP contribution is 2.17. The molecule has 2 aromatic heterocycles. The van der Waals surface area contributed by atoms with E-state index >= 15 is 0 Å². The minimum Gasteiger partial charge on any atom is -0.390 e. The number of aryl methyl sites for hydroxylation is 1. The first-order chi connectivity index (χ1) is 11.2. The molecule has 23 heavy (non-hydrogen) atoms. The van der Waals surface area contributed by atoms with E-state index in [0.29, 0.717) is 19.1 Å². The first kappa shape index (κ1) is 15.9. The Morgan fingerprint density at radius 1 is 1.39 bits per heavy atom. The van der Waals surface area contributed by atoms with Crippen molar-refractivity contribution in [3.05, 3.63) is 36.3 Å². The predicted molar refractivity (Wildman–Crippen MR) is 88.2 cm³/mol. The molecular formula is C16H24N6O. The maximum Gasteiger partial charge on any atom is 0.151 e. The number of hydrogen-bond donors (Lipinski definition) is 2. The van der Waals surface area contributed by atoms with Gasteiger partial charge in [0.25, 0.3) is 0 Å². The van der Waals surface area contributed by atoms with E-state index in [1.54, 1.807) is 10.9 Å². The summed E-state index contributed by atoms with van der Waals surface area (Å²) < 4.78 is 1.75. The first-order valence-electron chi connectivity index (χ1n) is 8.15. The molecule has 1 aliphatic heterocycles. The van der Waals surface area contributed by atoms with E-state index < -0.39 is 6.10 Å². The summed E-state index contributed by atoms with van der Waals surface area (Å²) in [6.07, 6.45) is 5.38. The lowest BCUT2D eigenvalue weighted by atomic mass is 10.1. The normalized spacial score (nSPS) is 19.7. The van der Waals surface area contributed by atoms with Crippen LogP contribution in [0, 0.1) is 6.92 Å². The average Bonchev–Trinajstić information content (AvgIpc) is 3.07. The summed E-state index contributed by atoms with van der Waals surface area (Å²) in [5.74, 6) is 0.930. The fourth-order valence-electron chi connectivity index (χ4n) is 2.90. The average molecular weight is 316 g/mol. The van der Waals surface area contributed by atoms with Gasteiger partial charge in [-0.25, -0.2) is 0 Å². The summed E-state index contributed by atoms with van der Waals surface area (Å²) in [7, 11) is 0. The van der Waals surface area contributed by atoms with Gasteiger partial charge in [-0.15, -0.1) is 5.10 Å². The molecule has 2 atom stereocenters. The van der Waals surface area contributed by atoms with Gasteiger partial charge in [0, 0.05) is 38.1 Å². The summed E-state index contributed by atoms with van der Waals surface area (Å²) in [6, 6.07) is 6.24. The second kappa shape index (κ2) is 7.52. The van der Waals surface area contributed by atoms with E-state index in [2.05, 4.69) is 25.5 Å². The summed E-state index contributed by atoms with van der Waals surface area (Å²) in [6.45, 7) is 4.92. The van der Waals surface area contributed by atoms with Crippen LogP contribution >= 0.6 is 0 Å². The Labute approximate surface area is 136 Å². The number of aliphatic hydroxyl groups is 1. The number of aromatic nitrogens is 4. The third-order valence-corrected chi connectivity index (χ3v) is 4.13. The van der Waals surface area contributed by atoms with Crippen LogP contribution in [-0.2, 0) is 6.54 Å². The molecule has 0 spiro atoms. The summed E-state index contributed by atoms with van der Waals surface area (Å²) >= 11 is 0. The van der Waals surface area contributed by atoms with Gasteiger partial charge in [0.1, 0.15) is 0 Å². The Balaban J connectivity index is 1.47. The first-order valence-corrected chi connectivity index (χ1v) is 8.15. The second-order valence-electron chi connectivity index (χ2n) is 6.11. The van der Waals surface area contributed by atoms with E-state index in [1.165, 1.54) is 0 Å². The van der Waals surface area contributed by atoms with E-state index in [0.717, 1.165) is 37.4 Å². The number of aliphatic hydroxyl groups excluding tert-OH is 1. The van der Waals surface area contributed by atoms with Gasteiger partial charge < -0.3 is 15.3 Å². The lowest BCUT2D eigenvalue weighted by molar-refractivity contribution is 0.141. The van der Waals surface area contributed by atoms with Crippen LogP contribution in [0.5, 0.6) is 0 Å². The molecule has 1 saturated heterocycles. The van der Waals surface area contributed by atoms with Crippen LogP contribution in [0.2, 0.25) is 0 Å². The van der Waals surface area contributed by atoms with Crippen LogP contribution in [0.25, 0.3) is 0 Å². The van der Waals surface area contributed by atoms with Gasteiger partial charge in [0.15, 0.2) is 5.82 Å². The standard InChI is InChI=1S/C16H24N6O/c1-13-5-6-16(20-19-13)21-8-2-4-14(11-21)17-10-15(23)12-22-9-3-7-18-22/h3,5-7,9,14-15,17,23H,2,4,8,10-12H2,1H3. The van der Waals surface area contributed by atoms with Gasteiger partial charge in [-0.2, -0.15) is 10.2 Å². The lowest BCUT2D eigenvalue weighted by Gasteiger charge is -2.34. The second-order valence-corrected chi connectivity index (χ2v) is 6.11. The largest absolute Gasteiger partial charge is 0.390 e. The summed E-state index contributed by atoms with van der Waals surface area (Å²) in [5, 5.41) is 26.1. The lowest BCUT2D eigenvalue weighted by Crippen LogP contribution is -2.48. The van der Waals surface area contributed by atoms with E-state index in [-0.39, 0.29) is 0 Å². The molecule has 3 rings (SSSR count). The van der Waals surface area contributed by atoms with Crippen molar-refractivity contribution in [3.63, 3.8) is 0 Å². The molecule has 1 fully saturated rings. The number of hydrogen-bond acceptors (Lipinski definition) is 6. The van der Waals surface area contributed by atoms with Crippen molar-refractivity contribution in [1.29, 1.82) is 0 Å². The number of nitrogens with one attached hydrogen (secondary N) is 1. The molecular weight excluding hydrogens is 292 g/mol. The quantitative estimate of drug-likeness (QED) is 0.812. The monoisotopic (exact) mass is 316 g/mol. The Bertz CT molecular complexity index is 585. The molecule has 0 saturated carbocycles. The van der Waals surface area contributed by atoms with Gasteiger partial charge >= 0.3 is 0 Å². The van der Waals surface area contributed by atoms with Gasteiger partial charge in [0.05, 0.1) is 18.3 Å². The molecule has 7 nitrogen and oxygen atoms in total. The van der Waals surface area contributed by atoms with Crippen molar-refractivity contribution in [1.82, 2.24) is 25.3 Å². The minimum absolute atomic E-state index is 0.360. The topological polar surface area (TPSA) is 79.1 Å². The summed E-state index contributed by atoms with van der Waals surface area (Å²) in [5.41, 5.74) is 0.933. The molecule has 2 aromatic rings. The minimum atomic E-state index is -0.440. The zero-order chi connectivity index (χ0) is 16.1. The molecule has 0 aromatic carbocycles. The fourth-order valence-corrected chi connectivity index (χ4v) is 2.90. The molecule has 0 bridgehead atoms. The third-order valence-electron chi connectivity index (χ3n) is 4.13. The van der Waals surface area contributed by atoms with Crippen LogP contribution in [-0.4, -0.2) is 56.9 Å². The molecule has 3 heterocycles. The van der Waals surface area contributed by atoms with Crippen LogP contribution in [0.1, 0.15) is 18.5 Å². The maximum absolute atomic E-state index is 10.1. The Morgan fingerprint density at radius 3 is 3.04 bits per heavy atom. The van der Waals surface area contributed by atoms with E-state index in [4.69, 9.17) is 0 Å². The highest BCUT2D eigenvalue weighted by molar-refractivity contribution is 5.38. The van der Waals surface area contributed by atoms with Crippen molar-refractivity contribution in [2.24, 2.45) is 0 Å². The van der Waals surface area contributed by atoms with E-state index in [1.807, 2.05) is 31.3 Å². The van der Waals surface area contributed by atoms with Crippen molar-refractivity contribution in [2.75, 3.05) is 24.5 Å². The molecule has 124 valence electrons. The van der Waals surface area contributed by atoms with Crippen LogP contribution in [0.15, 0.2) is 30.6 Å². The number of nitrogens with zero attached hydrogens (tertiary/aromatic N) is 5. The highest BCUT2D eigenvalue weighted by atomic mass is 16.3. The highest BCUT2D eigenvalue weighted by Gasteiger charge is 2.21. The van der Waals surface area contributed by atoms with Crippen molar-refractivity contribution in [2.45, 2.75) is 38.5 Å². The zero-order valence-corrected chi connectivity index (χ0v) is 13.5. The molecule has 0 amide bonds. The summed E-state index contributed by atoms with van der Waals surface area (Å²) in [4.78, 5) is 2.26. The Morgan fingerprint density at radius 2 is 2.30 bits per heavy atom. The van der Waals surface area contributed by atoms with Crippen LogP contribution in [0.3, 0.4) is 0 Å². The number of piperidine rings is 1. The van der Waals surface area contributed by atoms with Crippen molar-refractivity contribution >= 4 is 5.82 Å². The zero-order valence-electron chi connectivity index (χ0n) is 13.5. The van der Waals surface area contributed by atoms with Crippen LogP contribution < -0.4 is 10.2 Å². The van der Waals surface area contributed by atoms with Gasteiger partial charge in [-0.05, 0) is 38.0 Å². The molecule has 0 radical (unpaired) electrons. The predicted octanol–water partition coefficient (Wildman–Crippen LogP) is 0.601. The molecule has 1 aliphatic rings. The SMILES string of the molecule is Cc1ccc(N2CCCC(NCC(O)Cn3cccn3)C2)nn1. The molecule has 7 heteroatoms. The van der Waals surface area contributed by atoms with Gasteiger partial charge in [0.2, 0.25) is 0 Å². The smallest absolute Gasteiger partial charge is 0.151 e.